The van der Waals surface area contributed by atoms with Gasteiger partial charge in [0, 0.05) is 5.56 Å². The third kappa shape index (κ3) is 7.35. The maximum Gasteiger partial charge on any atom is 0.307 e. The molecule has 11 N–H and O–H groups in total. The maximum atomic E-state index is 14.3. The van der Waals surface area contributed by atoms with Crippen LogP contribution in [0.4, 0.5) is 10.2 Å². The molecule has 2 aromatic rings. The molecule has 14 nitrogen and oxygen atoms in total. The Labute approximate surface area is 222 Å². The van der Waals surface area contributed by atoms with Crippen LogP contribution >= 0.6 is 0 Å². The van der Waals surface area contributed by atoms with E-state index in [9.17, 15) is 50.2 Å². The molecule has 0 saturated heterocycles. The van der Waals surface area contributed by atoms with Gasteiger partial charge in [-0.3, -0.25) is 10.1 Å². The van der Waals surface area contributed by atoms with Gasteiger partial charge in [0.15, 0.2) is 0 Å². The summed E-state index contributed by atoms with van der Waals surface area (Å²) in [4.78, 5) is 12.6. The molecule has 1 unspecified atom stereocenters. The number of carbonyl (C=O) groups is 1. The average Bonchev–Trinajstić information content (AvgIpc) is 3.10. The molecule has 1 aromatic heterocycles. The molecule has 15 heteroatoms. The summed E-state index contributed by atoms with van der Waals surface area (Å²) in [6.45, 7) is 6.81. The molecular formula is C24H31FN6O8. The van der Waals surface area contributed by atoms with E-state index in [0.717, 1.165) is 0 Å². The number of nitrogens with two attached hydrogens (primary N) is 1. The van der Waals surface area contributed by atoms with Crippen molar-refractivity contribution in [1.29, 1.82) is 10.7 Å². The van der Waals surface area contributed by atoms with Crippen LogP contribution in [0.25, 0.3) is 11.3 Å². The number of nitrogen functional groups attached to an aromatic ring is 1. The van der Waals surface area contributed by atoms with Gasteiger partial charge in [0.05, 0.1) is 11.6 Å². The average molecular weight is 551 g/mol. The number of aliphatic hydroxyl groups is 7. The van der Waals surface area contributed by atoms with Gasteiger partial charge in [-0.1, -0.05) is 45.0 Å². The van der Waals surface area contributed by atoms with Crippen LogP contribution in [-0.2, 0) is 4.79 Å². The second-order valence-corrected chi connectivity index (χ2v) is 10.2. The van der Waals surface area contributed by atoms with E-state index in [1.54, 1.807) is 26.8 Å². The van der Waals surface area contributed by atoms with Crippen molar-refractivity contribution in [3.8, 4) is 17.3 Å². The number of nitrogens with zero attached hydrogens (tertiary/aromatic N) is 3. The van der Waals surface area contributed by atoms with E-state index in [4.69, 9.17) is 11.1 Å². The zero-order valence-corrected chi connectivity index (χ0v) is 21.5. The molecule has 0 aliphatic heterocycles. The van der Waals surface area contributed by atoms with Crippen LogP contribution in [0.1, 0.15) is 57.2 Å². The third-order valence-electron chi connectivity index (χ3n) is 5.54. The number of anilines is 1. The molecule has 0 bridgehead atoms. The summed E-state index contributed by atoms with van der Waals surface area (Å²) >= 11 is 0. The molecule has 0 fully saturated rings. The van der Waals surface area contributed by atoms with Gasteiger partial charge >= 0.3 is 11.9 Å². The number of halogens is 1. The minimum Gasteiger partial charge on any atom is -0.492 e. The van der Waals surface area contributed by atoms with Crippen LogP contribution in [0.2, 0.25) is 0 Å². The van der Waals surface area contributed by atoms with Crippen LogP contribution in [0.15, 0.2) is 36.0 Å². The summed E-state index contributed by atoms with van der Waals surface area (Å²) in [6, 6.07) is 4.56. The monoisotopic (exact) mass is 550 g/mol. The lowest BCUT2D eigenvalue weighted by atomic mass is 9.89. The molecule has 0 radical (unpaired) electrons. The zero-order valence-electron chi connectivity index (χ0n) is 21.5. The van der Waals surface area contributed by atoms with Crippen molar-refractivity contribution < 1.29 is 44.9 Å². The second kappa shape index (κ2) is 11.1. The van der Waals surface area contributed by atoms with E-state index in [1.165, 1.54) is 31.2 Å². The van der Waals surface area contributed by atoms with Crippen LogP contribution in [0.5, 0.6) is 0 Å². The first-order valence-corrected chi connectivity index (χ1v) is 11.4. The first-order valence-electron chi connectivity index (χ1n) is 11.4. The Hall–Kier alpha value is -3.91. The van der Waals surface area contributed by atoms with E-state index < -0.39 is 58.5 Å². The van der Waals surface area contributed by atoms with E-state index in [0.29, 0.717) is 5.56 Å². The van der Waals surface area contributed by atoms with E-state index in [2.05, 4.69) is 5.10 Å². The Balaban J connectivity index is 2.35. The quantitative estimate of drug-likeness (QED) is 0.114. The van der Waals surface area contributed by atoms with Crippen molar-refractivity contribution in [1.82, 2.24) is 15.1 Å². The topological polar surface area (TPSA) is 262 Å². The number of amides is 1. The van der Waals surface area contributed by atoms with Crippen LogP contribution in [0.3, 0.4) is 0 Å². The number of nitrogens with one attached hydrogen (secondary N) is 2. The summed E-state index contributed by atoms with van der Waals surface area (Å²) in [6.07, 6.45) is 0.0211. The Morgan fingerprint density at radius 1 is 1.15 bits per heavy atom. The molecular weight excluding hydrogens is 519 g/mol. The van der Waals surface area contributed by atoms with Crippen molar-refractivity contribution in [2.24, 2.45) is 5.41 Å². The van der Waals surface area contributed by atoms with Gasteiger partial charge in [-0.25, -0.2) is 4.68 Å². The molecule has 0 spiro atoms. The van der Waals surface area contributed by atoms with Crippen molar-refractivity contribution in [3.63, 3.8) is 0 Å². The van der Waals surface area contributed by atoms with Crippen molar-refractivity contribution >= 4 is 17.4 Å². The maximum absolute atomic E-state index is 14.3. The summed E-state index contributed by atoms with van der Waals surface area (Å²) in [7, 11) is 0. The molecule has 2 rings (SSSR count). The highest BCUT2D eigenvalue weighted by Gasteiger charge is 2.51. The van der Waals surface area contributed by atoms with Crippen LogP contribution < -0.4 is 11.1 Å². The predicted molar refractivity (Wildman–Crippen MR) is 134 cm³/mol. The van der Waals surface area contributed by atoms with Gasteiger partial charge in [-0.15, -0.1) is 0 Å². The number of hydrogen-bond acceptors (Lipinski definition) is 12. The minimum absolute atomic E-state index is 0.0211. The number of hydrogen-bond donors (Lipinski definition) is 10. The molecule has 0 aliphatic rings. The largest absolute Gasteiger partial charge is 0.492 e. The summed E-state index contributed by atoms with van der Waals surface area (Å²) < 4.78 is 14.6. The predicted octanol–water partition coefficient (Wildman–Crippen LogP) is 0.179. The number of allylic oxidation sites excluding steroid dienone is 1. The molecule has 0 aliphatic carbocycles. The zero-order chi connectivity index (χ0) is 30.1. The number of carbonyl (C=O) groups excluding carboxylic acids is 1. The summed E-state index contributed by atoms with van der Waals surface area (Å²) in [5, 5.41) is 90.1. The highest BCUT2D eigenvalue weighted by atomic mass is 19.1. The lowest BCUT2D eigenvalue weighted by Crippen LogP contribution is -2.53. The highest BCUT2D eigenvalue weighted by molar-refractivity contribution is 5.97. The standard InChI is InChI=1S/C24H31FN6O8/c1-11(19(32)29-20(33)16(25)15(27)9-22(2,3)4)12-5-7-13(8-6-12)17-14(10-26)18(28)31(30-17)21(23(34,35)36)24(37,38)39/h5-8,11,21,27,33-39H,9,28H2,1-4H3,(H,29,32)/b20-16+,27-15?. The van der Waals surface area contributed by atoms with Gasteiger partial charge in [0.1, 0.15) is 23.1 Å². The van der Waals surface area contributed by atoms with Crippen molar-refractivity contribution in [2.75, 3.05) is 5.73 Å². The fourth-order valence-electron chi connectivity index (χ4n) is 3.66. The lowest BCUT2D eigenvalue weighted by Gasteiger charge is -2.32. The van der Waals surface area contributed by atoms with Gasteiger partial charge < -0.3 is 46.9 Å². The van der Waals surface area contributed by atoms with Crippen LogP contribution in [0, 0.1) is 22.2 Å². The Morgan fingerprint density at radius 2 is 1.67 bits per heavy atom. The number of rotatable bonds is 9. The molecule has 1 heterocycles. The number of benzene rings is 1. The van der Waals surface area contributed by atoms with Crippen molar-refractivity contribution in [2.45, 2.75) is 58.0 Å². The van der Waals surface area contributed by atoms with Gasteiger partial charge in [0.25, 0.3) is 0 Å². The smallest absolute Gasteiger partial charge is 0.307 e. The first kappa shape index (κ1) is 31.3. The van der Waals surface area contributed by atoms with E-state index in [-0.39, 0.29) is 27.9 Å². The SMILES string of the molecule is CC(C(=O)N/C(O)=C(\F)C(=N)CC(C)(C)C)c1ccc(-c2nn(C(C(O)(O)O)C(O)(O)O)c(N)c2C#N)cc1. The van der Waals surface area contributed by atoms with E-state index >= 15 is 0 Å². The van der Waals surface area contributed by atoms with Gasteiger partial charge in [-0.05, 0) is 24.3 Å². The first-order chi connectivity index (χ1) is 17.7. The van der Waals surface area contributed by atoms with Gasteiger partial charge in [0.2, 0.25) is 23.7 Å². The molecule has 1 aromatic carbocycles. The Morgan fingerprint density at radius 3 is 2.10 bits per heavy atom. The van der Waals surface area contributed by atoms with E-state index in [1.807, 2.05) is 5.32 Å². The minimum atomic E-state index is -3.93. The summed E-state index contributed by atoms with van der Waals surface area (Å²) in [5.74, 6) is -12.6. The molecule has 212 valence electrons. The fourth-order valence-corrected chi connectivity index (χ4v) is 3.66. The number of nitriles is 1. The Bertz CT molecular complexity index is 1300. The lowest BCUT2D eigenvalue weighted by molar-refractivity contribution is -0.431. The molecule has 1 amide bonds. The Kier molecular flexibility index (Phi) is 8.88. The second-order valence-electron chi connectivity index (χ2n) is 10.2. The number of aromatic nitrogens is 2. The fraction of sp³-hybridized carbons (Fsp3) is 0.417. The normalized spacial score (nSPS) is 14.0. The van der Waals surface area contributed by atoms with Crippen molar-refractivity contribution in [3.05, 3.63) is 47.1 Å². The molecule has 0 saturated carbocycles. The highest BCUT2D eigenvalue weighted by Crippen LogP contribution is 2.35. The molecule has 1 atom stereocenters. The van der Waals surface area contributed by atoms with Gasteiger partial charge in [-0.2, -0.15) is 14.8 Å². The van der Waals surface area contributed by atoms with Crippen LogP contribution in [-0.4, -0.2) is 69.1 Å². The number of aliphatic hydroxyl groups excluding tert-OH is 1. The summed E-state index contributed by atoms with van der Waals surface area (Å²) in [5.41, 5.74) is 4.83. The molecule has 39 heavy (non-hydrogen) atoms. The third-order valence-corrected chi connectivity index (χ3v) is 5.54.